The van der Waals surface area contributed by atoms with Crippen molar-refractivity contribution in [2.75, 3.05) is 0 Å². The minimum atomic E-state index is -1.27. The molecule has 0 aliphatic rings. The molecule has 3 N–H and O–H groups in total. The minimum Gasteiger partial charge on any atom is -0.480 e. The number of benzene rings is 1. The summed E-state index contributed by atoms with van der Waals surface area (Å²) in [5.41, 5.74) is 5.47. The van der Waals surface area contributed by atoms with E-state index >= 15 is 0 Å². The van der Waals surface area contributed by atoms with Gasteiger partial charge in [-0.1, -0.05) is 17.7 Å². The molecule has 0 aliphatic carbocycles. The molecule has 1 aromatic carbocycles. The van der Waals surface area contributed by atoms with Gasteiger partial charge in [-0.3, -0.25) is 4.79 Å². The summed E-state index contributed by atoms with van der Waals surface area (Å²) in [5.74, 6) is -1.94. The van der Waals surface area contributed by atoms with Gasteiger partial charge in [-0.2, -0.15) is 0 Å². The third kappa shape index (κ3) is 2.05. The van der Waals surface area contributed by atoms with E-state index in [1.807, 2.05) is 0 Å². The summed E-state index contributed by atoms with van der Waals surface area (Å²) in [7, 11) is 0. The number of carbonyl (C=O) groups is 1. The number of carboxylic acids is 1. The second-order valence-corrected chi connectivity index (χ2v) is 3.78. The first kappa shape index (κ1) is 11.4. The zero-order chi connectivity index (χ0) is 10.9. The van der Waals surface area contributed by atoms with Gasteiger partial charge in [0, 0.05) is 0 Å². The number of halogens is 3. The van der Waals surface area contributed by atoms with Crippen LogP contribution in [0.25, 0.3) is 0 Å². The second-order valence-electron chi connectivity index (χ2n) is 2.58. The van der Waals surface area contributed by atoms with Crippen LogP contribution in [0.4, 0.5) is 4.39 Å². The first-order valence-electron chi connectivity index (χ1n) is 3.57. The van der Waals surface area contributed by atoms with Crippen LogP contribution in [0.2, 0.25) is 5.02 Å². The van der Waals surface area contributed by atoms with Crippen molar-refractivity contribution < 1.29 is 14.3 Å². The summed E-state index contributed by atoms with van der Waals surface area (Å²) in [5, 5.41) is 8.53. The molecule has 0 aromatic heterocycles. The van der Waals surface area contributed by atoms with E-state index in [2.05, 4.69) is 15.9 Å². The van der Waals surface area contributed by atoms with Crippen molar-refractivity contribution in [2.45, 2.75) is 6.04 Å². The van der Waals surface area contributed by atoms with Gasteiger partial charge in [-0.25, -0.2) is 4.39 Å². The van der Waals surface area contributed by atoms with E-state index in [1.54, 1.807) is 0 Å². The van der Waals surface area contributed by atoms with E-state index in [4.69, 9.17) is 22.4 Å². The number of nitrogens with two attached hydrogens (primary N) is 1. The quantitative estimate of drug-likeness (QED) is 0.818. The fourth-order valence-corrected chi connectivity index (χ4v) is 1.78. The van der Waals surface area contributed by atoms with Gasteiger partial charge in [-0.05, 0) is 27.6 Å². The molecule has 0 spiro atoms. The van der Waals surface area contributed by atoms with Gasteiger partial charge < -0.3 is 10.8 Å². The molecule has 1 atom stereocenters. The number of carboxylic acid groups (broad SMARTS) is 1. The van der Waals surface area contributed by atoms with Crippen LogP contribution in [-0.2, 0) is 4.79 Å². The molecular weight excluding hydrogens is 276 g/mol. The molecule has 0 radical (unpaired) electrons. The lowest BCUT2D eigenvalue weighted by molar-refractivity contribution is -0.138. The predicted octanol–water partition coefficient (Wildman–Crippen LogP) is 2.33. The van der Waals surface area contributed by atoms with Crippen molar-refractivity contribution in [3.63, 3.8) is 0 Å². The maximum Gasteiger partial charge on any atom is 0.325 e. The lowest BCUT2D eigenvalue weighted by Crippen LogP contribution is -2.21. The van der Waals surface area contributed by atoms with Crippen LogP contribution in [0.15, 0.2) is 16.6 Å². The Morgan fingerprint density at radius 2 is 2.21 bits per heavy atom. The van der Waals surface area contributed by atoms with Crippen LogP contribution in [0.5, 0.6) is 0 Å². The highest BCUT2D eigenvalue weighted by atomic mass is 79.9. The molecule has 0 heterocycles. The maximum atomic E-state index is 13.2. The summed E-state index contributed by atoms with van der Waals surface area (Å²) in [4.78, 5) is 10.5. The Hall–Kier alpha value is -0.650. The summed E-state index contributed by atoms with van der Waals surface area (Å²) in [6.45, 7) is 0. The highest BCUT2D eigenvalue weighted by Crippen LogP contribution is 2.29. The van der Waals surface area contributed by atoms with Crippen molar-refractivity contribution in [2.24, 2.45) is 5.73 Å². The summed E-state index contributed by atoms with van der Waals surface area (Å²) < 4.78 is 13.2. The van der Waals surface area contributed by atoms with Crippen LogP contribution < -0.4 is 5.73 Å². The molecule has 1 unspecified atom stereocenters. The standard InChI is InChI=1S/C8H6BrClFNO2/c9-5-3(7(12)8(13)14)1-2-4(10)6(5)11/h1-2,7H,12H2,(H,13,14). The molecule has 0 saturated heterocycles. The molecule has 0 aliphatic heterocycles. The smallest absolute Gasteiger partial charge is 0.325 e. The predicted molar refractivity (Wildman–Crippen MR) is 53.7 cm³/mol. The highest BCUT2D eigenvalue weighted by molar-refractivity contribution is 9.10. The SMILES string of the molecule is NC(C(=O)O)c1ccc(Cl)c(F)c1Br. The zero-order valence-electron chi connectivity index (χ0n) is 6.80. The Morgan fingerprint density at radius 1 is 1.64 bits per heavy atom. The average Bonchev–Trinajstić information content (AvgIpc) is 2.13. The van der Waals surface area contributed by atoms with Gasteiger partial charge in [0.2, 0.25) is 0 Å². The fraction of sp³-hybridized carbons (Fsp3) is 0.125. The van der Waals surface area contributed by atoms with E-state index in [-0.39, 0.29) is 15.1 Å². The van der Waals surface area contributed by atoms with Crippen LogP contribution in [-0.4, -0.2) is 11.1 Å². The largest absolute Gasteiger partial charge is 0.480 e. The Balaban J connectivity index is 3.24. The summed E-state index contributed by atoms with van der Waals surface area (Å²) in [6.07, 6.45) is 0. The van der Waals surface area contributed by atoms with E-state index < -0.39 is 17.8 Å². The first-order valence-corrected chi connectivity index (χ1v) is 4.74. The highest BCUT2D eigenvalue weighted by Gasteiger charge is 2.20. The van der Waals surface area contributed by atoms with Crippen LogP contribution in [0.3, 0.4) is 0 Å². The summed E-state index contributed by atoms with van der Waals surface area (Å²) >= 11 is 8.37. The maximum absolute atomic E-state index is 13.2. The normalized spacial score (nSPS) is 12.6. The van der Waals surface area contributed by atoms with Crippen molar-refractivity contribution in [1.29, 1.82) is 0 Å². The Kier molecular flexibility index (Phi) is 3.47. The Bertz CT molecular complexity index is 386. The van der Waals surface area contributed by atoms with Gasteiger partial charge in [-0.15, -0.1) is 0 Å². The lowest BCUT2D eigenvalue weighted by atomic mass is 10.1. The molecule has 1 rings (SSSR count). The lowest BCUT2D eigenvalue weighted by Gasteiger charge is -2.10. The molecule has 76 valence electrons. The number of hydrogen-bond acceptors (Lipinski definition) is 2. The van der Waals surface area contributed by atoms with E-state index in [0.29, 0.717) is 0 Å². The van der Waals surface area contributed by atoms with Gasteiger partial charge in [0.15, 0.2) is 5.82 Å². The third-order valence-electron chi connectivity index (χ3n) is 1.67. The minimum absolute atomic E-state index is 0.0140. The number of aliphatic carboxylic acids is 1. The topological polar surface area (TPSA) is 63.3 Å². The van der Waals surface area contributed by atoms with Crippen LogP contribution in [0.1, 0.15) is 11.6 Å². The molecule has 3 nitrogen and oxygen atoms in total. The van der Waals surface area contributed by atoms with Gasteiger partial charge >= 0.3 is 5.97 Å². The van der Waals surface area contributed by atoms with Gasteiger partial charge in [0.25, 0.3) is 0 Å². The van der Waals surface area contributed by atoms with E-state index in [9.17, 15) is 9.18 Å². The first-order chi connectivity index (χ1) is 6.45. The van der Waals surface area contributed by atoms with E-state index in [0.717, 1.165) is 0 Å². The molecule has 14 heavy (non-hydrogen) atoms. The van der Waals surface area contributed by atoms with Crippen molar-refractivity contribution >= 4 is 33.5 Å². The molecule has 0 amide bonds. The van der Waals surface area contributed by atoms with Crippen molar-refractivity contribution in [3.05, 3.63) is 33.0 Å². The van der Waals surface area contributed by atoms with Crippen LogP contribution >= 0.6 is 27.5 Å². The molecular formula is C8H6BrClFNO2. The second kappa shape index (κ2) is 4.25. The average molecular weight is 282 g/mol. The zero-order valence-corrected chi connectivity index (χ0v) is 9.14. The monoisotopic (exact) mass is 281 g/mol. The van der Waals surface area contributed by atoms with E-state index in [1.165, 1.54) is 12.1 Å². The third-order valence-corrected chi connectivity index (χ3v) is 2.76. The Morgan fingerprint density at radius 3 is 2.71 bits per heavy atom. The number of rotatable bonds is 2. The molecule has 0 bridgehead atoms. The molecule has 1 aromatic rings. The van der Waals surface area contributed by atoms with Crippen LogP contribution in [0, 0.1) is 5.82 Å². The Labute approximate surface area is 92.8 Å². The summed E-state index contributed by atoms with van der Waals surface area (Å²) in [6, 6.07) is 1.37. The molecule has 6 heteroatoms. The van der Waals surface area contributed by atoms with Crippen molar-refractivity contribution in [1.82, 2.24) is 0 Å². The number of hydrogen-bond donors (Lipinski definition) is 2. The molecule has 0 saturated carbocycles. The fourth-order valence-electron chi connectivity index (χ4n) is 0.914. The molecule has 0 fully saturated rings. The van der Waals surface area contributed by atoms with Crippen molar-refractivity contribution in [3.8, 4) is 0 Å². The van der Waals surface area contributed by atoms with Gasteiger partial charge in [0.1, 0.15) is 6.04 Å². The van der Waals surface area contributed by atoms with Gasteiger partial charge in [0.05, 0.1) is 9.50 Å².